The zero-order valence-electron chi connectivity index (χ0n) is 9.00. The van der Waals surface area contributed by atoms with Gasteiger partial charge in [0.25, 0.3) is 0 Å². The molecule has 0 saturated heterocycles. The van der Waals surface area contributed by atoms with Crippen LogP contribution in [0.25, 0.3) is 0 Å². The molecule has 2 N–H and O–H groups in total. The Hall–Kier alpha value is -1.75. The summed E-state index contributed by atoms with van der Waals surface area (Å²) >= 11 is 5.06. The minimum Gasteiger partial charge on any atom is -0.351 e. The quantitative estimate of drug-likeness (QED) is 0.687. The summed E-state index contributed by atoms with van der Waals surface area (Å²) in [6, 6.07) is 4.03. The number of carbonyl (C=O) groups excluding carboxylic acids is 1. The monoisotopic (exact) mass is 248 g/mol. The number of nitrogens with one attached hydrogen (secondary N) is 2. The van der Waals surface area contributed by atoms with Gasteiger partial charge in [0.2, 0.25) is 0 Å². The zero-order chi connectivity index (χ0) is 12.2. The third kappa shape index (κ3) is 1.39. The lowest BCUT2D eigenvalue weighted by Crippen LogP contribution is -2.42. The fourth-order valence-electron chi connectivity index (χ4n) is 2.35. The predicted octanol–water partition coefficient (Wildman–Crippen LogP) is 1.81. The number of hydrogen-bond acceptors (Lipinski definition) is 2. The Kier molecular flexibility index (Phi) is 2.06. The van der Waals surface area contributed by atoms with E-state index in [-0.39, 0.29) is 11.8 Å². The Morgan fingerprint density at radius 3 is 2.94 bits per heavy atom. The molecule has 0 fully saturated rings. The second-order valence-electron chi connectivity index (χ2n) is 4.13. The highest BCUT2D eigenvalue weighted by molar-refractivity contribution is 7.80. The lowest BCUT2D eigenvalue weighted by Gasteiger charge is -2.25. The summed E-state index contributed by atoms with van der Waals surface area (Å²) < 4.78 is 13.2. The van der Waals surface area contributed by atoms with Crippen molar-refractivity contribution >= 4 is 23.1 Å². The van der Waals surface area contributed by atoms with Gasteiger partial charge in [-0.25, -0.2) is 4.39 Å². The molecule has 1 aliphatic carbocycles. The van der Waals surface area contributed by atoms with Crippen LogP contribution in [0, 0.1) is 5.82 Å². The van der Waals surface area contributed by atoms with E-state index in [4.69, 9.17) is 12.2 Å². The standard InChI is InChI=1S/C12H9FN2OS/c1-5-9-10(15-12(17)14-5)7-3-2-6(13)4-8(7)11(9)16/h2-4,10H,1H3,(H2,14,15,17). The summed E-state index contributed by atoms with van der Waals surface area (Å²) in [5, 5.41) is 6.44. The highest BCUT2D eigenvalue weighted by atomic mass is 32.1. The second-order valence-corrected chi connectivity index (χ2v) is 4.54. The highest BCUT2D eigenvalue weighted by Crippen LogP contribution is 2.38. The first-order valence-electron chi connectivity index (χ1n) is 5.20. The SMILES string of the molecule is CC1=C2C(=O)c3cc(F)ccc3C2NC(=S)N1. The summed E-state index contributed by atoms with van der Waals surface area (Å²) in [7, 11) is 0. The fourth-order valence-corrected chi connectivity index (χ4v) is 2.62. The maximum Gasteiger partial charge on any atom is 0.193 e. The molecule has 0 radical (unpaired) electrons. The summed E-state index contributed by atoms with van der Waals surface area (Å²) in [5.74, 6) is -0.533. The molecule has 86 valence electrons. The number of ketones is 1. The average Bonchev–Trinajstić information content (AvgIpc) is 2.52. The molecule has 3 rings (SSSR count). The van der Waals surface area contributed by atoms with Crippen LogP contribution in [0.15, 0.2) is 29.5 Å². The van der Waals surface area contributed by atoms with Gasteiger partial charge in [-0.05, 0) is 36.8 Å². The summed E-state index contributed by atoms with van der Waals surface area (Å²) in [6.07, 6.45) is 0. The molecule has 0 spiro atoms. The molecule has 0 bridgehead atoms. The Morgan fingerprint density at radius 2 is 2.18 bits per heavy atom. The lowest BCUT2D eigenvalue weighted by atomic mass is 10.0. The van der Waals surface area contributed by atoms with Crippen LogP contribution in [-0.4, -0.2) is 10.9 Å². The molecule has 3 nitrogen and oxygen atoms in total. The molecule has 1 aromatic carbocycles. The van der Waals surface area contributed by atoms with E-state index in [9.17, 15) is 9.18 Å². The van der Waals surface area contributed by atoms with Gasteiger partial charge in [-0.3, -0.25) is 4.79 Å². The Bertz CT molecular complexity index is 594. The number of Topliss-reactive ketones (excluding diaryl/α,β-unsaturated/α-hetero) is 1. The van der Waals surface area contributed by atoms with Crippen molar-refractivity contribution in [1.29, 1.82) is 0 Å². The molecule has 5 heteroatoms. The molecule has 1 aromatic rings. The van der Waals surface area contributed by atoms with E-state index in [1.54, 1.807) is 13.0 Å². The van der Waals surface area contributed by atoms with E-state index < -0.39 is 5.82 Å². The van der Waals surface area contributed by atoms with Crippen LogP contribution < -0.4 is 10.6 Å². The molecule has 17 heavy (non-hydrogen) atoms. The number of fused-ring (bicyclic) bond motifs is 3. The van der Waals surface area contributed by atoms with E-state index in [1.807, 2.05) is 0 Å². The molecule has 0 saturated carbocycles. The van der Waals surface area contributed by atoms with E-state index in [0.29, 0.717) is 16.2 Å². The van der Waals surface area contributed by atoms with Gasteiger partial charge in [0.15, 0.2) is 10.9 Å². The second kappa shape index (κ2) is 3.37. The van der Waals surface area contributed by atoms with Gasteiger partial charge in [-0.1, -0.05) is 6.07 Å². The van der Waals surface area contributed by atoms with Crippen LogP contribution >= 0.6 is 12.2 Å². The van der Waals surface area contributed by atoms with Crippen LogP contribution in [0.5, 0.6) is 0 Å². The van der Waals surface area contributed by atoms with Crippen LogP contribution in [-0.2, 0) is 0 Å². The average molecular weight is 248 g/mol. The molecular weight excluding hydrogens is 239 g/mol. The first kappa shape index (κ1) is 10.4. The van der Waals surface area contributed by atoms with E-state index in [2.05, 4.69) is 10.6 Å². The zero-order valence-corrected chi connectivity index (χ0v) is 9.82. The van der Waals surface area contributed by atoms with Gasteiger partial charge in [0.1, 0.15) is 5.82 Å². The third-order valence-corrected chi connectivity index (χ3v) is 3.30. The summed E-state index contributed by atoms with van der Waals surface area (Å²) in [5.41, 5.74) is 2.57. The Morgan fingerprint density at radius 1 is 1.41 bits per heavy atom. The minimum atomic E-state index is -0.399. The van der Waals surface area contributed by atoms with Crippen LogP contribution in [0.3, 0.4) is 0 Å². The number of benzene rings is 1. The number of thiocarbonyl (C=S) groups is 1. The molecular formula is C12H9FN2OS. The van der Waals surface area contributed by atoms with Gasteiger partial charge >= 0.3 is 0 Å². The van der Waals surface area contributed by atoms with Gasteiger partial charge < -0.3 is 10.6 Å². The predicted molar refractivity (Wildman–Crippen MR) is 65.0 cm³/mol. The van der Waals surface area contributed by atoms with Crippen LogP contribution in [0.2, 0.25) is 0 Å². The van der Waals surface area contributed by atoms with Crippen molar-refractivity contribution in [2.45, 2.75) is 13.0 Å². The number of allylic oxidation sites excluding steroid dienone is 1. The van der Waals surface area contributed by atoms with Crippen molar-refractivity contribution in [1.82, 2.24) is 10.6 Å². The molecule has 2 aliphatic rings. The molecule has 1 heterocycles. The third-order valence-electron chi connectivity index (χ3n) is 3.08. The van der Waals surface area contributed by atoms with E-state index in [1.165, 1.54) is 12.1 Å². The van der Waals surface area contributed by atoms with Crippen molar-refractivity contribution in [3.8, 4) is 0 Å². The molecule has 1 atom stereocenters. The number of halogens is 1. The first-order valence-corrected chi connectivity index (χ1v) is 5.61. The molecule has 1 unspecified atom stereocenters. The fraction of sp³-hybridized carbons (Fsp3) is 0.167. The van der Waals surface area contributed by atoms with E-state index in [0.717, 1.165) is 11.3 Å². The summed E-state index contributed by atoms with van der Waals surface area (Å²) in [6.45, 7) is 1.80. The molecule has 0 amide bonds. The summed E-state index contributed by atoms with van der Waals surface area (Å²) in [4.78, 5) is 12.2. The highest BCUT2D eigenvalue weighted by Gasteiger charge is 2.39. The first-order chi connectivity index (χ1) is 8.08. The Labute approximate surface area is 103 Å². The minimum absolute atomic E-state index is 0.135. The largest absolute Gasteiger partial charge is 0.351 e. The normalized spacial score (nSPS) is 21.9. The van der Waals surface area contributed by atoms with Crippen molar-refractivity contribution in [3.05, 3.63) is 46.4 Å². The van der Waals surface area contributed by atoms with Gasteiger partial charge in [0.05, 0.1) is 6.04 Å². The van der Waals surface area contributed by atoms with Gasteiger partial charge in [0, 0.05) is 16.8 Å². The number of hydrogen-bond donors (Lipinski definition) is 2. The number of carbonyl (C=O) groups is 1. The van der Waals surface area contributed by atoms with Crippen LogP contribution in [0.4, 0.5) is 4.39 Å². The van der Waals surface area contributed by atoms with Crippen molar-refractivity contribution in [2.24, 2.45) is 0 Å². The maximum absolute atomic E-state index is 13.2. The van der Waals surface area contributed by atoms with Gasteiger partial charge in [-0.2, -0.15) is 0 Å². The van der Waals surface area contributed by atoms with Crippen molar-refractivity contribution < 1.29 is 9.18 Å². The van der Waals surface area contributed by atoms with Crippen LogP contribution in [0.1, 0.15) is 28.9 Å². The van der Waals surface area contributed by atoms with Crippen molar-refractivity contribution in [2.75, 3.05) is 0 Å². The maximum atomic E-state index is 13.2. The van der Waals surface area contributed by atoms with Crippen molar-refractivity contribution in [3.63, 3.8) is 0 Å². The van der Waals surface area contributed by atoms with Gasteiger partial charge in [-0.15, -0.1) is 0 Å². The topological polar surface area (TPSA) is 41.1 Å². The number of rotatable bonds is 0. The van der Waals surface area contributed by atoms with E-state index >= 15 is 0 Å². The molecule has 0 aromatic heterocycles. The smallest absolute Gasteiger partial charge is 0.193 e. The lowest BCUT2D eigenvalue weighted by molar-refractivity contribution is 0.103. The molecule has 1 aliphatic heterocycles. The Balaban J connectivity index is 2.24.